The number of esters is 1. The number of aliphatic imine (C=N–C) groups is 1. The number of nitrogens with one attached hydrogen (secondary N) is 2. The maximum Gasteiger partial charge on any atom is 0.324 e. The van der Waals surface area contributed by atoms with Crippen LogP contribution >= 0.6 is 0 Å². The number of fused-ring (bicyclic) bond motifs is 6. The average molecular weight is 775 g/mol. The standard InChI is InChI=1S/C41H54N6O7S/c1-8-31(37(42-9-2)26(4)53-7)38-33-24-41(5,6)25-54-40(50)34-13-11-18-47(43-34)39(49)35(44-55(51,52)45-16-12-17-45)21-27-19-29(22-30(48)20-27)28-14-15-36(32(33)23-28)46(38)10-3/h8-9,14-15,19-20,22-23,26,34-35,43-44,48H,1,10-13,16-18,21,24-25H2,2-7H3/b37-31+,42-9-/t26-,34-,35-/m0/s1. The molecule has 0 radical (unpaired) electrons. The van der Waals surface area contributed by atoms with Crippen LogP contribution in [0.2, 0.25) is 0 Å². The number of methoxy groups -OCH3 is 1. The third-order valence-corrected chi connectivity index (χ3v) is 12.3. The van der Waals surface area contributed by atoms with Crippen LogP contribution in [0.25, 0.3) is 27.6 Å². The minimum Gasteiger partial charge on any atom is -0.508 e. The minimum atomic E-state index is -3.98. The van der Waals surface area contributed by atoms with Gasteiger partial charge in [0.1, 0.15) is 17.8 Å². The Morgan fingerprint density at radius 2 is 1.93 bits per heavy atom. The van der Waals surface area contributed by atoms with E-state index in [9.17, 15) is 23.1 Å². The summed E-state index contributed by atoms with van der Waals surface area (Å²) >= 11 is 0. The molecule has 3 atom stereocenters. The molecule has 2 fully saturated rings. The number of nitrogens with zero attached hydrogens (tertiary/aromatic N) is 4. The van der Waals surface area contributed by atoms with E-state index in [2.05, 4.69) is 54.2 Å². The van der Waals surface area contributed by atoms with E-state index in [-0.39, 0.29) is 31.4 Å². The van der Waals surface area contributed by atoms with Gasteiger partial charge in [-0.1, -0.05) is 38.6 Å². The Hall–Kier alpha value is -4.34. The summed E-state index contributed by atoms with van der Waals surface area (Å²) in [5.41, 5.74) is 9.11. The van der Waals surface area contributed by atoms with Crippen molar-refractivity contribution in [3.8, 4) is 16.9 Å². The molecule has 14 heteroatoms. The molecule has 0 spiro atoms. The van der Waals surface area contributed by atoms with Crippen molar-refractivity contribution < 1.29 is 32.6 Å². The maximum atomic E-state index is 14.2. The van der Waals surface area contributed by atoms with Gasteiger partial charge in [0.2, 0.25) is 0 Å². The van der Waals surface area contributed by atoms with Crippen molar-refractivity contribution in [1.29, 1.82) is 0 Å². The number of benzene rings is 2. The van der Waals surface area contributed by atoms with Crippen molar-refractivity contribution in [3.05, 3.63) is 71.6 Å². The molecule has 55 heavy (non-hydrogen) atoms. The van der Waals surface area contributed by atoms with Crippen molar-refractivity contribution in [2.24, 2.45) is 10.4 Å². The fourth-order valence-electron chi connectivity index (χ4n) is 7.74. The Labute approximate surface area is 324 Å². The van der Waals surface area contributed by atoms with E-state index in [0.717, 1.165) is 45.4 Å². The summed E-state index contributed by atoms with van der Waals surface area (Å²) in [7, 11) is -2.33. The third kappa shape index (κ3) is 8.43. The predicted molar refractivity (Wildman–Crippen MR) is 215 cm³/mol. The number of rotatable bonds is 9. The highest BCUT2D eigenvalue weighted by atomic mass is 32.2. The van der Waals surface area contributed by atoms with E-state index >= 15 is 0 Å². The monoisotopic (exact) mass is 774 g/mol. The Morgan fingerprint density at radius 1 is 1.16 bits per heavy atom. The zero-order valence-corrected chi connectivity index (χ0v) is 33.5. The van der Waals surface area contributed by atoms with Crippen LogP contribution in [0.15, 0.2) is 59.7 Å². The number of hydrogen-bond acceptors (Lipinski definition) is 9. The van der Waals surface area contributed by atoms with Crippen LogP contribution in [-0.4, -0.2) is 97.0 Å². The number of carbonyl (C=O) groups is 2. The molecule has 3 aromatic rings. The number of hydrogen-bond donors (Lipinski definition) is 3. The van der Waals surface area contributed by atoms with Crippen molar-refractivity contribution >= 4 is 44.8 Å². The number of cyclic esters (lactones) is 1. The van der Waals surface area contributed by atoms with E-state index in [1.807, 2.05) is 32.1 Å². The normalized spacial score (nSPS) is 22.2. The van der Waals surface area contributed by atoms with E-state index in [1.165, 1.54) is 9.31 Å². The van der Waals surface area contributed by atoms with Gasteiger partial charge in [-0.05, 0) is 99.4 Å². The Kier molecular flexibility index (Phi) is 12.0. The molecule has 0 unspecified atom stereocenters. The largest absolute Gasteiger partial charge is 0.508 e. The van der Waals surface area contributed by atoms with Gasteiger partial charge in [0, 0.05) is 61.4 Å². The highest BCUT2D eigenvalue weighted by molar-refractivity contribution is 7.87. The first-order valence-electron chi connectivity index (χ1n) is 19.1. The van der Waals surface area contributed by atoms with E-state index in [1.54, 1.807) is 25.5 Å². The van der Waals surface area contributed by atoms with Gasteiger partial charge in [0.15, 0.2) is 0 Å². The molecule has 4 heterocycles. The molecular formula is C41H54N6O7S. The summed E-state index contributed by atoms with van der Waals surface area (Å²) < 4.78 is 44.7. The van der Waals surface area contributed by atoms with Gasteiger partial charge in [-0.25, -0.2) is 5.43 Å². The number of carbonyl (C=O) groups excluding carboxylic acids is 2. The highest BCUT2D eigenvalue weighted by Gasteiger charge is 2.38. The van der Waals surface area contributed by atoms with Gasteiger partial charge in [0.25, 0.3) is 16.1 Å². The lowest BCUT2D eigenvalue weighted by Crippen LogP contribution is -2.62. The predicted octanol–water partition coefficient (Wildman–Crippen LogP) is 5.13. The van der Waals surface area contributed by atoms with Crippen molar-refractivity contribution in [1.82, 2.24) is 24.0 Å². The van der Waals surface area contributed by atoms with Crippen LogP contribution in [0.3, 0.4) is 0 Å². The summed E-state index contributed by atoms with van der Waals surface area (Å²) in [4.78, 5) is 32.6. The van der Waals surface area contributed by atoms with Crippen LogP contribution in [-0.2, 0) is 48.7 Å². The number of amides is 1. The molecule has 2 aromatic carbocycles. The third-order valence-electron chi connectivity index (χ3n) is 10.7. The van der Waals surface area contributed by atoms with E-state index in [0.29, 0.717) is 50.0 Å². The number of ether oxygens (including phenoxy) is 2. The fourth-order valence-corrected chi connectivity index (χ4v) is 9.17. The summed E-state index contributed by atoms with van der Waals surface area (Å²) in [5, 5.41) is 13.4. The second kappa shape index (κ2) is 16.4. The lowest BCUT2D eigenvalue weighted by Gasteiger charge is -2.36. The number of allylic oxidation sites excluding steroid dienone is 2. The molecule has 1 aromatic heterocycles. The molecule has 296 valence electrons. The second-order valence-corrected chi connectivity index (χ2v) is 17.1. The Bertz CT molecular complexity index is 2140. The van der Waals surface area contributed by atoms with Gasteiger partial charge in [-0.3, -0.25) is 19.6 Å². The van der Waals surface area contributed by atoms with E-state index in [4.69, 9.17) is 14.5 Å². The molecule has 3 N–H and O–H groups in total. The number of phenolic OH excluding ortho intramolecular Hbond substituents is 1. The lowest BCUT2D eigenvalue weighted by molar-refractivity contribution is -0.155. The van der Waals surface area contributed by atoms with Gasteiger partial charge in [-0.2, -0.15) is 17.4 Å². The zero-order chi connectivity index (χ0) is 39.7. The van der Waals surface area contributed by atoms with Crippen molar-refractivity contribution in [2.75, 3.05) is 33.4 Å². The van der Waals surface area contributed by atoms with Gasteiger partial charge in [0.05, 0.1) is 24.1 Å². The van der Waals surface area contributed by atoms with Gasteiger partial charge >= 0.3 is 5.97 Å². The van der Waals surface area contributed by atoms with Crippen LogP contribution in [0.4, 0.5) is 0 Å². The number of hydrazine groups is 1. The first-order valence-corrected chi connectivity index (χ1v) is 20.5. The summed E-state index contributed by atoms with van der Waals surface area (Å²) in [6, 6.07) is 9.26. The molecular weight excluding hydrogens is 721 g/mol. The molecule has 3 aliphatic heterocycles. The molecule has 3 aliphatic rings. The maximum absolute atomic E-state index is 14.2. The SMILES string of the molecule is C=C/C(=C(\N=C/C)[C@H](C)OC)c1c2c3cc(ccc3n1CC)-c1cc(O)cc(c1)C[C@H](NS(=O)(=O)N1CCC1)C(=O)N1CCC[C@H](N1)C(=O)OCC(C)(C)C2. The molecule has 13 nitrogen and oxygen atoms in total. The summed E-state index contributed by atoms with van der Waals surface area (Å²) in [6.07, 6.45) is 5.44. The van der Waals surface area contributed by atoms with Crippen molar-refractivity contribution in [3.63, 3.8) is 0 Å². The number of aromatic hydroxyl groups is 1. The number of phenols is 1. The molecule has 6 rings (SSSR count). The highest BCUT2D eigenvalue weighted by Crippen LogP contribution is 2.40. The van der Waals surface area contributed by atoms with Crippen LogP contribution in [0.1, 0.15) is 70.7 Å². The molecule has 2 saturated heterocycles. The molecule has 0 saturated carbocycles. The first kappa shape index (κ1) is 40.3. The fraction of sp³-hybridized carbons (Fsp3) is 0.488. The molecule has 0 aliphatic carbocycles. The Balaban J connectivity index is 1.56. The van der Waals surface area contributed by atoms with Gasteiger partial charge in [-0.15, -0.1) is 0 Å². The minimum absolute atomic E-state index is 0.0154. The van der Waals surface area contributed by atoms with Crippen LogP contribution < -0.4 is 10.1 Å². The Morgan fingerprint density at radius 3 is 2.58 bits per heavy atom. The van der Waals surface area contributed by atoms with Crippen LogP contribution in [0.5, 0.6) is 5.75 Å². The summed E-state index contributed by atoms with van der Waals surface area (Å²) in [5.74, 6) is -1.02. The first-order chi connectivity index (χ1) is 26.2. The van der Waals surface area contributed by atoms with Crippen molar-refractivity contribution in [2.45, 2.75) is 91.5 Å². The summed E-state index contributed by atoms with van der Waals surface area (Å²) in [6.45, 7) is 16.0. The smallest absolute Gasteiger partial charge is 0.324 e. The molecule has 1 amide bonds. The van der Waals surface area contributed by atoms with Gasteiger partial charge < -0.3 is 19.1 Å². The second-order valence-electron chi connectivity index (χ2n) is 15.4. The number of aromatic nitrogens is 1. The van der Waals surface area contributed by atoms with E-state index < -0.39 is 39.6 Å². The number of aryl methyl sites for hydroxylation is 1. The zero-order valence-electron chi connectivity index (χ0n) is 32.7. The van der Waals surface area contributed by atoms with Crippen LogP contribution in [0, 0.1) is 5.41 Å². The quantitative estimate of drug-likeness (QED) is 0.154. The average Bonchev–Trinajstić information content (AvgIpc) is 3.42. The molecule has 6 bridgehead atoms. The lowest BCUT2D eigenvalue weighted by atomic mass is 9.84. The topological polar surface area (TPSA) is 155 Å².